The fourth-order valence-corrected chi connectivity index (χ4v) is 1.75. The summed E-state index contributed by atoms with van der Waals surface area (Å²) in [5.41, 5.74) is 3.22. The number of aryl methyl sites for hydroxylation is 1. The van der Waals surface area contributed by atoms with Crippen molar-refractivity contribution in [3.8, 4) is 5.75 Å². The molecule has 0 atom stereocenters. The SMILES string of the molecule is Cc1cccc(NCc2ccc(OC(F)F)cc2)c1. The van der Waals surface area contributed by atoms with Crippen molar-refractivity contribution in [2.24, 2.45) is 0 Å². The van der Waals surface area contributed by atoms with Crippen molar-refractivity contribution in [2.75, 3.05) is 5.32 Å². The topological polar surface area (TPSA) is 21.3 Å². The minimum Gasteiger partial charge on any atom is -0.435 e. The lowest BCUT2D eigenvalue weighted by molar-refractivity contribution is -0.0498. The summed E-state index contributed by atoms with van der Waals surface area (Å²) >= 11 is 0. The first kappa shape index (κ1) is 13.3. The van der Waals surface area contributed by atoms with E-state index < -0.39 is 6.61 Å². The highest BCUT2D eigenvalue weighted by Gasteiger charge is 2.03. The molecule has 0 saturated carbocycles. The highest BCUT2D eigenvalue weighted by atomic mass is 19.3. The Kier molecular flexibility index (Phi) is 4.34. The van der Waals surface area contributed by atoms with Gasteiger partial charge in [-0.15, -0.1) is 0 Å². The van der Waals surface area contributed by atoms with Gasteiger partial charge < -0.3 is 10.1 Å². The molecule has 0 aromatic heterocycles. The van der Waals surface area contributed by atoms with Gasteiger partial charge >= 0.3 is 6.61 Å². The zero-order chi connectivity index (χ0) is 13.7. The fraction of sp³-hybridized carbons (Fsp3) is 0.200. The minimum atomic E-state index is -2.78. The summed E-state index contributed by atoms with van der Waals surface area (Å²) < 4.78 is 28.3. The average molecular weight is 263 g/mol. The van der Waals surface area contributed by atoms with Crippen molar-refractivity contribution in [3.63, 3.8) is 0 Å². The second-order valence-electron chi connectivity index (χ2n) is 4.25. The monoisotopic (exact) mass is 263 g/mol. The van der Waals surface area contributed by atoms with Crippen LogP contribution in [0.25, 0.3) is 0 Å². The number of anilines is 1. The van der Waals surface area contributed by atoms with Gasteiger partial charge in [-0.1, -0.05) is 24.3 Å². The molecule has 1 N–H and O–H groups in total. The summed E-state index contributed by atoms with van der Waals surface area (Å²) in [6, 6.07) is 14.7. The van der Waals surface area contributed by atoms with Crippen molar-refractivity contribution in [1.82, 2.24) is 0 Å². The van der Waals surface area contributed by atoms with Crippen LogP contribution in [0.5, 0.6) is 5.75 Å². The van der Waals surface area contributed by atoms with Crippen LogP contribution < -0.4 is 10.1 Å². The zero-order valence-corrected chi connectivity index (χ0v) is 10.6. The summed E-state index contributed by atoms with van der Waals surface area (Å²) in [5, 5.41) is 3.27. The van der Waals surface area contributed by atoms with Crippen molar-refractivity contribution in [3.05, 3.63) is 59.7 Å². The molecule has 2 rings (SSSR count). The molecule has 0 heterocycles. The largest absolute Gasteiger partial charge is 0.435 e. The number of benzene rings is 2. The summed E-state index contributed by atoms with van der Waals surface area (Å²) in [5.74, 6) is 0.175. The van der Waals surface area contributed by atoms with Crippen molar-refractivity contribution in [1.29, 1.82) is 0 Å². The number of halogens is 2. The lowest BCUT2D eigenvalue weighted by Crippen LogP contribution is -2.02. The van der Waals surface area contributed by atoms with Crippen molar-refractivity contribution in [2.45, 2.75) is 20.1 Å². The molecule has 2 nitrogen and oxygen atoms in total. The Morgan fingerprint density at radius 1 is 1.11 bits per heavy atom. The van der Waals surface area contributed by atoms with E-state index in [1.807, 2.05) is 31.2 Å². The third-order valence-electron chi connectivity index (χ3n) is 2.66. The Balaban J connectivity index is 1.93. The molecule has 2 aromatic carbocycles. The predicted octanol–water partition coefficient (Wildman–Crippen LogP) is 4.21. The number of hydrogen-bond acceptors (Lipinski definition) is 2. The maximum Gasteiger partial charge on any atom is 0.387 e. The number of ether oxygens (including phenoxy) is 1. The van der Waals surface area contributed by atoms with Crippen LogP contribution in [0.1, 0.15) is 11.1 Å². The molecule has 2 aromatic rings. The van der Waals surface area contributed by atoms with Gasteiger partial charge in [-0.25, -0.2) is 0 Å². The van der Waals surface area contributed by atoms with Crippen LogP contribution in [-0.2, 0) is 6.54 Å². The van der Waals surface area contributed by atoms with Gasteiger partial charge in [0.15, 0.2) is 0 Å². The number of hydrogen-bond donors (Lipinski definition) is 1. The third-order valence-corrected chi connectivity index (χ3v) is 2.66. The zero-order valence-electron chi connectivity index (χ0n) is 10.6. The smallest absolute Gasteiger partial charge is 0.387 e. The van der Waals surface area contributed by atoms with Crippen LogP contribution in [0.3, 0.4) is 0 Å². The summed E-state index contributed by atoms with van der Waals surface area (Å²) in [4.78, 5) is 0. The Bertz CT molecular complexity index is 526. The molecule has 0 spiro atoms. The van der Waals surface area contributed by atoms with Gasteiger partial charge in [0.1, 0.15) is 5.75 Å². The molecule has 0 amide bonds. The third kappa shape index (κ3) is 4.25. The summed E-state index contributed by atoms with van der Waals surface area (Å²) in [6.45, 7) is -0.115. The normalized spacial score (nSPS) is 10.5. The van der Waals surface area contributed by atoms with Crippen LogP contribution in [0.2, 0.25) is 0 Å². The molecule has 0 saturated heterocycles. The predicted molar refractivity (Wildman–Crippen MR) is 71.6 cm³/mol. The standard InChI is InChI=1S/C15H15F2NO/c1-11-3-2-4-13(9-11)18-10-12-5-7-14(8-6-12)19-15(16)17/h2-9,15,18H,10H2,1H3. The maximum atomic E-state index is 12.0. The number of nitrogens with one attached hydrogen (secondary N) is 1. The van der Waals surface area contributed by atoms with Crippen LogP contribution in [-0.4, -0.2) is 6.61 Å². The second-order valence-corrected chi connectivity index (χ2v) is 4.25. The van der Waals surface area contributed by atoms with Crippen LogP contribution >= 0.6 is 0 Å². The van der Waals surface area contributed by atoms with Gasteiger partial charge in [0.25, 0.3) is 0 Å². The van der Waals surface area contributed by atoms with Crippen LogP contribution in [0.15, 0.2) is 48.5 Å². The Morgan fingerprint density at radius 2 is 1.84 bits per heavy atom. The van der Waals surface area contributed by atoms with Gasteiger partial charge in [0.2, 0.25) is 0 Å². The van der Waals surface area contributed by atoms with Gasteiger partial charge in [-0.2, -0.15) is 8.78 Å². The van der Waals surface area contributed by atoms with E-state index in [4.69, 9.17) is 0 Å². The lowest BCUT2D eigenvalue weighted by atomic mass is 10.2. The first-order valence-corrected chi connectivity index (χ1v) is 5.98. The minimum absolute atomic E-state index is 0.175. The first-order chi connectivity index (χ1) is 9.13. The molecule has 0 radical (unpaired) electrons. The van der Waals surface area contributed by atoms with E-state index in [1.165, 1.54) is 5.56 Å². The Labute approximate surface area is 111 Å². The molecule has 0 aliphatic heterocycles. The molecule has 100 valence electrons. The lowest BCUT2D eigenvalue weighted by Gasteiger charge is -2.08. The molecule has 19 heavy (non-hydrogen) atoms. The highest BCUT2D eigenvalue weighted by Crippen LogP contribution is 2.16. The van der Waals surface area contributed by atoms with Crippen LogP contribution in [0.4, 0.5) is 14.5 Å². The molecule has 0 bridgehead atoms. The van der Waals surface area contributed by atoms with E-state index in [0.717, 1.165) is 11.3 Å². The highest BCUT2D eigenvalue weighted by molar-refractivity contribution is 5.46. The summed E-state index contributed by atoms with van der Waals surface area (Å²) in [6.07, 6.45) is 0. The average Bonchev–Trinajstić information content (AvgIpc) is 2.37. The molecule has 4 heteroatoms. The molecular formula is C15H15F2NO. The first-order valence-electron chi connectivity index (χ1n) is 5.98. The number of alkyl halides is 2. The van der Waals surface area contributed by atoms with Gasteiger partial charge in [-0.05, 0) is 42.3 Å². The van der Waals surface area contributed by atoms with Crippen molar-refractivity contribution >= 4 is 5.69 Å². The second kappa shape index (κ2) is 6.18. The van der Waals surface area contributed by atoms with E-state index in [-0.39, 0.29) is 5.75 Å². The molecular weight excluding hydrogens is 248 g/mol. The van der Waals surface area contributed by atoms with E-state index in [2.05, 4.69) is 10.1 Å². The van der Waals surface area contributed by atoms with Gasteiger partial charge in [0, 0.05) is 12.2 Å². The van der Waals surface area contributed by atoms with Gasteiger partial charge in [0.05, 0.1) is 0 Å². The molecule has 0 aliphatic carbocycles. The van der Waals surface area contributed by atoms with E-state index in [9.17, 15) is 8.78 Å². The van der Waals surface area contributed by atoms with E-state index in [0.29, 0.717) is 6.54 Å². The molecule has 0 unspecified atom stereocenters. The van der Waals surface area contributed by atoms with E-state index in [1.54, 1.807) is 24.3 Å². The molecule has 0 fully saturated rings. The van der Waals surface area contributed by atoms with Crippen molar-refractivity contribution < 1.29 is 13.5 Å². The van der Waals surface area contributed by atoms with Crippen LogP contribution in [0, 0.1) is 6.92 Å². The maximum absolute atomic E-state index is 12.0. The molecule has 0 aliphatic rings. The summed E-state index contributed by atoms with van der Waals surface area (Å²) in [7, 11) is 0. The van der Waals surface area contributed by atoms with E-state index >= 15 is 0 Å². The van der Waals surface area contributed by atoms with Gasteiger partial charge in [-0.3, -0.25) is 0 Å². The quantitative estimate of drug-likeness (QED) is 0.872. The Hall–Kier alpha value is -2.10. The Morgan fingerprint density at radius 3 is 2.47 bits per heavy atom. The number of rotatable bonds is 5. The fourth-order valence-electron chi connectivity index (χ4n) is 1.75.